The molecular formula is C17H28O2Si. The van der Waals surface area contributed by atoms with E-state index in [-0.39, 0.29) is 0 Å². The first-order valence-corrected chi connectivity index (χ1v) is 10.5. The maximum Gasteiger partial charge on any atom is 0.140 e. The highest BCUT2D eigenvalue weighted by Gasteiger charge is 2.36. The Labute approximate surface area is 124 Å². The zero-order valence-corrected chi connectivity index (χ0v) is 14.4. The van der Waals surface area contributed by atoms with E-state index in [1.807, 2.05) is 24.3 Å². The molecule has 0 spiro atoms. The number of unbranched alkanes of at least 4 members (excludes halogenated alkanes) is 1. The van der Waals surface area contributed by atoms with Crippen molar-refractivity contribution in [3.8, 4) is 5.75 Å². The van der Waals surface area contributed by atoms with Crippen LogP contribution in [0.4, 0.5) is 0 Å². The van der Waals surface area contributed by atoms with Crippen LogP contribution in [0.2, 0.25) is 18.1 Å². The first kappa shape index (κ1) is 17.0. The topological polar surface area (TPSA) is 26.3 Å². The molecule has 1 aromatic rings. The zero-order valence-electron chi connectivity index (χ0n) is 13.4. The van der Waals surface area contributed by atoms with E-state index in [4.69, 9.17) is 4.74 Å². The number of benzene rings is 1. The number of hydrogen-bond donors (Lipinski definition) is 0. The van der Waals surface area contributed by atoms with Crippen molar-refractivity contribution in [1.82, 2.24) is 0 Å². The Morgan fingerprint density at radius 3 is 2.00 bits per heavy atom. The molecular weight excluding hydrogens is 264 g/mol. The summed E-state index contributed by atoms with van der Waals surface area (Å²) < 4.78 is 5.65. The SMILES string of the molecule is CCCCOc1ccc(C(=O)[Si](CC)(CC)CC)cc1. The van der Waals surface area contributed by atoms with Crippen molar-refractivity contribution in [2.45, 2.75) is 58.7 Å². The molecule has 0 fully saturated rings. The van der Waals surface area contributed by atoms with Crippen molar-refractivity contribution in [3.63, 3.8) is 0 Å². The fourth-order valence-corrected chi connectivity index (χ4v) is 5.82. The van der Waals surface area contributed by atoms with E-state index in [1.165, 1.54) is 0 Å². The molecule has 0 saturated heterocycles. The van der Waals surface area contributed by atoms with E-state index in [0.717, 1.165) is 48.9 Å². The maximum atomic E-state index is 12.8. The summed E-state index contributed by atoms with van der Waals surface area (Å²) in [6.07, 6.45) is 2.20. The van der Waals surface area contributed by atoms with Gasteiger partial charge in [0.15, 0.2) is 0 Å². The molecule has 0 aliphatic carbocycles. The van der Waals surface area contributed by atoms with Gasteiger partial charge >= 0.3 is 0 Å². The van der Waals surface area contributed by atoms with Crippen LogP contribution in [-0.2, 0) is 0 Å². The van der Waals surface area contributed by atoms with Gasteiger partial charge in [0, 0.05) is 5.56 Å². The minimum atomic E-state index is -1.79. The van der Waals surface area contributed by atoms with E-state index in [2.05, 4.69) is 27.7 Å². The van der Waals surface area contributed by atoms with Gasteiger partial charge in [0.2, 0.25) is 0 Å². The zero-order chi connectivity index (χ0) is 15.0. The lowest BCUT2D eigenvalue weighted by molar-refractivity contribution is 0.106. The lowest BCUT2D eigenvalue weighted by Gasteiger charge is -2.26. The van der Waals surface area contributed by atoms with Crippen molar-refractivity contribution in [3.05, 3.63) is 29.8 Å². The lowest BCUT2D eigenvalue weighted by atomic mass is 10.2. The normalized spacial score (nSPS) is 11.4. The van der Waals surface area contributed by atoms with E-state index >= 15 is 0 Å². The molecule has 0 atom stereocenters. The van der Waals surface area contributed by atoms with Crippen LogP contribution >= 0.6 is 0 Å². The van der Waals surface area contributed by atoms with Crippen molar-refractivity contribution in [2.75, 3.05) is 6.61 Å². The average molecular weight is 292 g/mol. The van der Waals surface area contributed by atoms with Crippen LogP contribution in [0.1, 0.15) is 50.9 Å². The van der Waals surface area contributed by atoms with Crippen LogP contribution < -0.4 is 4.74 Å². The number of hydrogen-bond acceptors (Lipinski definition) is 2. The van der Waals surface area contributed by atoms with Gasteiger partial charge < -0.3 is 9.53 Å². The Hall–Kier alpha value is -1.09. The van der Waals surface area contributed by atoms with Gasteiger partial charge in [0.25, 0.3) is 0 Å². The van der Waals surface area contributed by atoms with Crippen LogP contribution in [0.5, 0.6) is 5.75 Å². The maximum absolute atomic E-state index is 12.8. The number of carbonyl (C=O) groups excluding carboxylic acids is 1. The monoisotopic (exact) mass is 292 g/mol. The Balaban J connectivity index is 2.79. The fraction of sp³-hybridized carbons (Fsp3) is 0.588. The van der Waals surface area contributed by atoms with Crippen molar-refractivity contribution in [1.29, 1.82) is 0 Å². The number of carbonyl (C=O) groups is 1. The minimum Gasteiger partial charge on any atom is -0.494 e. The molecule has 2 nitrogen and oxygen atoms in total. The van der Waals surface area contributed by atoms with Gasteiger partial charge in [-0.3, -0.25) is 0 Å². The molecule has 0 heterocycles. The second-order valence-corrected chi connectivity index (χ2v) is 10.5. The molecule has 0 saturated carbocycles. The van der Waals surface area contributed by atoms with Gasteiger partial charge in [-0.15, -0.1) is 0 Å². The standard InChI is InChI=1S/C17H28O2Si/c1-5-9-14-19-16-12-10-15(11-13-16)17(18)20(6-2,7-3)8-4/h10-13H,5-9,14H2,1-4H3. The summed E-state index contributed by atoms with van der Waals surface area (Å²) in [5.41, 5.74) is 0.866. The second kappa shape index (κ2) is 8.25. The Bertz CT molecular complexity index is 399. The van der Waals surface area contributed by atoms with Crippen LogP contribution in [0, 0.1) is 0 Å². The molecule has 0 aliphatic heterocycles. The summed E-state index contributed by atoms with van der Waals surface area (Å²) >= 11 is 0. The highest BCUT2D eigenvalue weighted by Crippen LogP contribution is 2.26. The first-order valence-electron chi connectivity index (χ1n) is 7.91. The van der Waals surface area contributed by atoms with Gasteiger partial charge in [-0.05, 0) is 30.7 Å². The molecule has 1 rings (SSSR count). The summed E-state index contributed by atoms with van der Waals surface area (Å²) in [7, 11) is -1.79. The molecule has 112 valence electrons. The van der Waals surface area contributed by atoms with E-state index in [1.54, 1.807) is 0 Å². The van der Waals surface area contributed by atoms with Gasteiger partial charge in [-0.25, -0.2) is 0 Å². The molecule has 0 bridgehead atoms. The third-order valence-corrected chi connectivity index (χ3v) is 9.71. The predicted molar refractivity (Wildman–Crippen MR) is 88.4 cm³/mol. The van der Waals surface area contributed by atoms with Gasteiger partial charge in [0.1, 0.15) is 19.2 Å². The molecule has 0 aliphatic rings. The summed E-state index contributed by atoms with van der Waals surface area (Å²) in [5, 5.41) is 0.408. The van der Waals surface area contributed by atoms with E-state index < -0.39 is 8.07 Å². The summed E-state index contributed by atoms with van der Waals surface area (Å²) in [6, 6.07) is 10.8. The summed E-state index contributed by atoms with van der Waals surface area (Å²) in [4.78, 5) is 12.8. The molecule has 20 heavy (non-hydrogen) atoms. The Kier molecular flexibility index (Phi) is 7.00. The van der Waals surface area contributed by atoms with Gasteiger partial charge in [0.05, 0.1) is 6.61 Å². The van der Waals surface area contributed by atoms with Crippen LogP contribution in [0.25, 0.3) is 0 Å². The molecule has 3 heteroatoms. The molecule has 0 amide bonds. The lowest BCUT2D eigenvalue weighted by Crippen LogP contribution is -2.42. The largest absolute Gasteiger partial charge is 0.494 e. The smallest absolute Gasteiger partial charge is 0.140 e. The molecule has 0 aromatic heterocycles. The third kappa shape index (κ3) is 3.95. The van der Waals surface area contributed by atoms with E-state index in [9.17, 15) is 4.79 Å². The van der Waals surface area contributed by atoms with Gasteiger partial charge in [-0.1, -0.05) is 52.2 Å². The second-order valence-electron chi connectivity index (χ2n) is 5.40. The minimum absolute atomic E-state index is 0.408. The molecule has 0 N–H and O–H groups in total. The molecule has 0 radical (unpaired) electrons. The van der Waals surface area contributed by atoms with E-state index in [0.29, 0.717) is 5.41 Å². The number of ether oxygens (including phenoxy) is 1. The fourth-order valence-electron chi connectivity index (χ4n) is 2.57. The quantitative estimate of drug-likeness (QED) is 0.468. The summed E-state index contributed by atoms with van der Waals surface area (Å²) in [5.74, 6) is 0.867. The van der Waals surface area contributed by atoms with Crippen molar-refractivity contribution in [2.24, 2.45) is 0 Å². The average Bonchev–Trinajstić information content (AvgIpc) is 2.50. The number of rotatable bonds is 9. The highest BCUT2D eigenvalue weighted by atomic mass is 28.3. The van der Waals surface area contributed by atoms with Crippen LogP contribution in [0.3, 0.4) is 0 Å². The summed E-state index contributed by atoms with van der Waals surface area (Å²) in [6.45, 7) is 9.40. The van der Waals surface area contributed by atoms with Crippen LogP contribution in [0.15, 0.2) is 24.3 Å². The predicted octanol–water partition coefficient (Wildman–Crippen LogP) is 5.10. The Morgan fingerprint density at radius 1 is 1.00 bits per heavy atom. The first-order chi connectivity index (χ1) is 9.63. The highest BCUT2D eigenvalue weighted by molar-refractivity contribution is 7.07. The van der Waals surface area contributed by atoms with Crippen molar-refractivity contribution < 1.29 is 9.53 Å². The molecule has 1 aromatic carbocycles. The van der Waals surface area contributed by atoms with Crippen LogP contribution in [-0.4, -0.2) is 20.1 Å². The Morgan fingerprint density at radius 2 is 1.55 bits per heavy atom. The van der Waals surface area contributed by atoms with Gasteiger partial charge in [-0.2, -0.15) is 0 Å². The third-order valence-electron chi connectivity index (χ3n) is 4.40. The van der Waals surface area contributed by atoms with Crippen molar-refractivity contribution >= 4 is 13.5 Å². The molecule has 0 unspecified atom stereocenters.